The molecule has 0 saturated heterocycles. The van der Waals surface area contributed by atoms with Crippen LogP contribution in [-0.4, -0.2) is 17.8 Å². The predicted octanol–water partition coefficient (Wildman–Crippen LogP) is 3.17. The van der Waals surface area contributed by atoms with Gasteiger partial charge in [0.15, 0.2) is 0 Å². The molecule has 1 fully saturated rings. The maximum absolute atomic E-state index is 13.6. The summed E-state index contributed by atoms with van der Waals surface area (Å²) in [5.74, 6) is -0.631. The number of aliphatic hydroxyl groups is 1. The summed E-state index contributed by atoms with van der Waals surface area (Å²) < 4.78 is 27.2. The van der Waals surface area contributed by atoms with Crippen LogP contribution in [0.2, 0.25) is 0 Å². The number of hydrogen-bond acceptors (Lipinski definition) is 2. The Balaban J connectivity index is 1.92. The molecule has 3 unspecified atom stereocenters. The van der Waals surface area contributed by atoms with Crippen LogP contribution in [0.3, 0.4) is 0 Å². The number of aliphatic hydroxyl groups excluding tert-OH is 1. The lowest BCUT2D eigenvalue weighted by Crippen LogP contribution is -2.31. The third kappa shape index (κ3) is 3.74. The molecule has 2 N–H and O–H groups in total. The molecule has 0 bridgehead atoms. The maximum Gasteiger partial charge on any atom is 0.130 e. The summed E-state index contributed by atoms with van der Waals surface area (Å²) in [6.07, 6.45) is 3.51. The zero-order chi connectivity index (χ0) is 13.8. The Kier molecular flexibility index (Phi) is 4.88. The molecule has 0 heterocycles. The van der Waals surface area contributed by atoms with Crippen molar-refractivity contribution in [3.63, 3.8) is 0 Å². The van der Waals surface area contributed by atoms with Gasteiger partial charge >= 0.3 is 0 Å². The normalized spacial score (nSPS) is 25.3. The van der Waals surface area contributed by atoms with Crippen LogP contribution in [0.25, 0.3) is 0 Å². The molecule has 0 radical (unpaired) electrons. The van der Waals surface area contributed by atoms with Gasteiger partial charge in [-0.2, -0.15) is 0 Å². The van der Waals surface area contributed by atoms with Crippen molar-refractivity contribution < 1.29 is 13.9 Å². The first-order chi connectivity index (χ1) is 9.08. The minimum absolute atomic E-state index is 0.0962. The van der Waals surface area contributed by atoms with Gasteiger partial charge in [0.1, 0.15) is 11.6 Å². The van der Waals surface area contributed by atoms with Crippen LogP contribution in [0.1, 0.15) is 44.2 Å². The van der Waals surface area contributed by atoms with E-state index in [2.05, 4.69) is 5.32 Å². The van der Waals surface area contributed by atoms with Gasteiger partial charge in [0.25, 0.3) is 0 Å². The first kappa shape index (κ1) is 14.4. The lowest BCUT2D eigenvalue weighted by Gasteiger charge is -2.27. The van der Waals surface area contributed by atoms with Crippen LogP contribution in [0, 0.1) is 17.6 Å². The zero-order valence-electron chi connectivity index (χ0n) is 11.2. The lowest BCUT2D eigenvalue weighted by atomic mass is 9.87. The third-order valence-electron chi connectivity index (χ3n) is 3.90. The van der Waals surface area contributed by atoms with Crippen molar-refractivity contribution >= 4 is 0 Å². The van der Waals surface area contributed by atoms with E-state index >= 15 is 0 Å². The Labute approximate surface area is 112 Å². The summed E-state index contributed by atoms with van der Waals surface area (Å²) in [4.78, 5) is 0. The van der Waals surface area contributed by atoms with Crippen LogP contribution in [0.5, 0.6) is 0 Å². The van der Waals surface area contributed by atoms with Crippen molar-refractivity contribution in [1.82, 2.24) is 5.32 Å². The molecule has 1 aliphatic carbocycles. The largest absolute Gasteiger partial charge is 0.393 e. The molecule has 4 heteroatoms. The van der Waals surface area contributed by atoms with Crippen molar-refractivity contribution in [2.24, 2.45) is 5.92 Å². The summed E-state index contributed by atoms with van der Waals surface area (Å²) in [5.41, 5.74) is 0.0962. The maximum atomic E-state index is 13.6. The average molecular weight is 269 g/mol. The van der Waals surface area contributed by atoms with Gasteiger partial charge in [0.2, 0.25) is 0 Å². The standard InChI is InChI=1S/C15H21F2NO/c1-10(15-13(16)6-3-7-14(15)17)18-9-11-4-2-5-12(19)8-11/h3,6-7,10-12,18-19H,2,4-5,8-9H2,1H3. The Hall–Kier alpha value is -1.00. The monoisotopic (exact) mass is 269 g/mol. The molecule has 106 valence electrons. The van der Waals surface area contributed by atoms with E-state index < -0.39 is 11.6 Å². The van der Waals surface area contributed by atoms with E-state index in [9.17, 15) is 13.9 Å². The molecule has 1 aromatic rings. The summed E-state index contributed by atoms with van der Waals surface area (Å²) in [6, 6.07) is 3.57. The Morgan fingerprint density at radius 2 is 2.00 bits per heavy atom. The van der Waals surface area contributed by atoms with Gasteiger partial charge < -0.3 is 10.4 Å². The highest BCUT2D eigenvalue weighted by molar-refractivity contribution is 5.22. The first-order valence-electron chi connectivity index (χ1n) is 6.93. The van der Waals surface area contributed by atoms with Crippen molar-refractivity contribution in [2.45, 2.75) is 44.8 Å². The minimum Gasteiger partial charge on any atom is -0.393 e. The molecule has 0 aliphatic heterocycles. The Morgan fingerprint density at radius 3 is 2.63 bits per heavy atom. The topological polar surface area (TPSA) is 32.3 Å². The third-order valence-corrected chi connectivity index (χ3v) is 3.90. The number of rotatable bonds is 4. The number of benzene rings is 1. The highest BCUT2D eigenvalue weighted by atomic mass is 19.1. The SMILES string of the molecule is CC(NCC1CCCC(O)C1)c1c(F)cccc1F. The first-order valence-corrected chi connectivity index (χ1v) is 6.93. The predicted molar refractivity (Wildman–Crippen MR) is 70.7 cm³/mol. The zero-order valence-corrected chi connectivity index (χ0v) is 11.2. The highest BCUT2D eigenvalue weighted by Crippen LogP contribution is 2.25. The molecule has 2 nitrogen and oxygen atoms in total. The van der Waals surface area contributed by atoms with Crippen LogP contribution in [0.15, 0.2) is 18.2 Å². The molecular formula is C15H21F2NO. The number of nitrogens with one attached hydrogen (secondary N) is 1. The van der Waals surface area contributed by atoms with Crippen molar-refractivity contribution in [3.05, 3.63) is 35.4 Å². The van der Waals surface area contributed by atoms with E-state index in [1.165, 1.54) is 18.2 Å². The van der Waals surface area contributed by atoms with E-state index in [-0.39, 0.29) is 17.7 Å². The lowest BCUT2D eigenvalue weighted by molar-refractivity contribution is 0.0997. The van der Waals surface area contributed by atoms with Gasteiger partial charge in [-0.05, 0) is 50.8 Å². The molecule has 3 atom stereocenters. The van der Waals surface area contributed by atoms with Crippen LogP contribution >= 0.6 is 0 Å². The second kappa shape index (κ2) is 6.44. The van der Waals surface area contributed by atoms with E-state index in [4.69, 9.17) is 0 Å². The van der Waals surface area contributed by atoms with Gasteiger partial charge in [0, 0.05) is 11.6 Å². The van der Waals surface area contributed by atoms with Gasteiger partial charge in [-0.15, -0.1) is 0 Å². The smallest absolute Gasteiger partial charge is 0.130 e. The van der Waals surface area contributed by atoms with Gasteiger partial charge in [0.05, 0.1) is 6.10 Å². The van der Waals surface area contributed by atoms with E-state index in [1.807, 2.05) is 0 Å². The fourth-order valence-electron chi connectivity index (χ4n) is 2.82. The Morgan fingerprint density at radius 1 is 1.32 bits per heavy atom. The van der Waals surface area contributed by atoms with Gasteiger partial charge in [-0.25, -0.2) is 8.78 Å². The molecule has 2 rings (SSSR count). The molecule has 0 amide bonds. The van der Waals surface area contributed by atoms with Crippen molar-refractivity contribution in [2.75, 3.05) is 6.54 Å². The molecule has 1 aliphatic rings. The molecule has 0 spiro atoms. The summed E-state index contributed by atoms with van der Waals surface area (Å²) >= 11 is 0. The summed E-state index contributed by atoms with van der Waals surface area (Å²) in [7, 11) is 0. The number of halogens is 2. The fourth-order valence-corrected chi connectivity index (χ4v) is 2.82. The summed E-state index contributed by atoms with van der Waals surface area (Å²) in [5, 5.41) is 12.8. The second-order valence-electron chi connectivity index (χ2n) is 5.45. The highest BCUT2D eigenvalue weighted by Gasteiger charge is 2.22. The molecular weight excluding hydrogens is 248 g/mol. The van der Waals surface area contributed by atoms with Gasteiger partial charge in [-0.3, -0.25) is 0 Å². The molecule has 1 saturated carbocycles. The minimum atomic E-state index is -0.510. The fraction of sp³-hybridized carbons (Fsp3) is 0.600. The average Bonchev–Trinajstić information content (AvgIpc) is 2.36. The van der Waals surface area contributed by atoms with Crippen molar-refractivity contribution in [3.8, 4) is 0 Å². The van der Waals surface area contributed by atoms with Gasteiger partial charge in [-0.1, -0.05) is 12.5 Å². The number of hydrogen-bond donors (Lipinski definition) is 2. The van der Waals surface area contributed by atoms with E-state index in [0.717, 1.165) is 25.7 Å². The molecule has 0 aromatic heterocycles. The van der Waals surface area contributed by atoms with Crippen LogP contribution in [-0.2, 0) is 0 Å². The van der Waals surface area contributed by atoms with Crippen LogP contribution in [0.4, 0.5) is 8.78 Å². The van der Waals surface area contributed by atoms with Crippen LogP contribution < -0.4 is 5.32 Å². The summed E-state index contributed by atoms with van der Waals surface area (Å²) in [6.45, 7) is 2.45. The van der Waals surface area contributed by atoms with E-state index in [0.29, 0.717) is 12.5 Å². The van der Waals surface area contributed by atoms with E-state index in [1.54, 1.807) is 6.92 Å². The second-order valence-corrected chi connectivity index (χ2v) is 5.45. The quantitative estimate of drug-likeness (QED) is 0.880. The Bertz CT molecular complexity index is 404. The molecule has 19 heavy (non-hydrogen) atoms. The van der Waals surface area contributed by atoms with Crippen molar-refractivity contribution in [1.29, 1.82) is 0 Å². The molecule has 1 aromatic carbocycles.